The smallest absolute Gasteiger partial charge is 0.156 e. The third kappa shape index (κ3) is 2.25. The molecule has 4 rings (SSSR count). The fraction of sp³-hybridized carbons (Fsp3) is 0.650. The van der Waals surface area contributed by atoms with Crippen molar-refractivity contribution in [2.75, 3.05) is 0 Å². The van der Waals surface area contributed by atoms with Gasteiger partial charge < -0.3 is 5.11 Å². The van der Waals surface area contributed by atoms with E-state index in [1.165, 1.54) is 17.6 Å². The maximum Gasteiger partial charge on any atom is 0.156 e. The van der Waals surface area contributed by atoms with Crippen molar-refractivity contribution in [1.82, 2.24) is 0 Å². The van der Waals surface area contributed by atoms with Crippen molar-refractivity contribution in [2.24, 2.45) is 17.3 Å². The van der Waals surface area contributed by atoms with Crippen LogP contribution in [-0.4, -0.2) is 16.5 Å². The lowest BCUT2D eigenvalue weighted by Gasteiger charge is -2.51. The van der Waals surface area contributed by atoms with E-state index in [-0.39, 0.29) is 5.41 Å². The molecule has 0 radical (unpaired) electrons. The Labute approximate surface area is 152 Å². The number of ketones is 1. The molecule has 3 heteroatoms. The lowest BCUT2D eigenvalue weighted by Crippen LogP contribution is -2.48. The van der Waals surface area contributed by atoms with Gasteiger partial charge in [0.05, 0.1) is 5.60 Å². The van der Waals surface area contributed by atoms with E-state index in [9.17, 15) is 9.90 Å². The average Bonchev–Trinajstić information content (AvgIpc) is 2.79. The lowest BCUT2D eigenvalue weighted by molar-refractivity contribution is -0.114. The molecule has 0 aromatic heterocycles. The van der Waals surface area contributed by atoms with Crippen LogP contribution in [0.5, 0.6) is 0 Å². The summed E-state index contributed by atoms with van der Waals surface area (Å²) in [6.07, 6.45) is 12.0. The Kier molecular flexibility index (Phi) is 3.88. The maximum absolute atomic E-state index is 11.7. The van der Waals surface area contributed by atoms with Crippen LogP contribution in [0.2, 0.25) is 0 Å². The molecule has 124 valence electrons. The van der Waals surface area contributed by atoms with Gasteiger partial charge in [-0.15, -0.1) is 0 Å². The van der Waals surface area contributed by atoms with Crippen LogP contribution in [0.4, 0.5) is 0 Å². The second-order valence-corrected chi connectivity index (χ2v) is 8.78. The molecule has 2 saturated carbocycles. The van der Waals surface area contributed by atoms with Gasteiger partial charge in [0.25, 0.3) is 0 Å². The standard InChI is InChI=1S/C20H25IO2/c1-19-8-6-16-15-5-3-14(22)12-13(15)2-4-17(16)18(19)7-9-20(19,23)10-11-21/h10-12,17-18,23H,2-9H2,1H3/b11-10+/t17-,18+,19+,20-/m1/s1. The van der Waals surface area contributed by atoms with Crippen LogP contribution in [0.25, 0.3) is 0 Å². The molecule has 0 unspecified atom stereocenters. The Hall–Kier alpha value is -0.420. The fourth-order valence-electron chi connectivity index (χ4n) is 5.96. The highest BCUT2D eigenvalue weighted by molar-refractivity contribution is 14.1. The van der Waals surface area contributed by atoms with Gasteiger partial charge in [0.2, 0.25) is 0 Å². The monoisotopic (exact) mass is 424 g/mol. The van der Waals surface area contributed by atoms with Gasteiger partial charge >= 0.3 is 0 Å². The molecular formula is C20H25IO2. The summed E-state index contributed by atoms with van der Waals surface area (Å²) in [5.74, 6) is 1.53. The summed E-state index contributed by atoms with van der Waals surface area (Å²) in [7, 11) is 0. The number of rotatable bonds is 1. The third-order valence-corrected chi connectivity index (χ3v) is 7.65. The Bertz CT molecular complexity index is 644. The summed E-state index contributed by atoms with van der Waals surface area (Å²) >= 11 is 2.23. The number of carbonyl (C=O) groups is 1. The first-order chi connectivity index (χ1) is 11.0. The zero-order valence-corrected chi connectivity index (χ0v) is 15.9. The zero-order chi connectivity index (χ0) is 16.2. The number of hydrogen-bond donors (Lipinski definition) is 1. The van der Waals surface area contributed by atoms with Gasteiger partial charge in [-0.25, -0.2) is 0 Å². The second kappa shape index (κ2) is 5.55. The molecule has 2 fully saturated rings. The Morgan fingerprint density at radius 2 is 2.04 bits per heavy atom. The van der Waals surface area contributed by atoms with Crippen molar-refractivity contribution in [3.63, 3.8) is 0 Å². The molecule has 0 bridgehead atoms. The summed E-state index contributed by atoms with van der Waals surface area (Å²) in [6.45, 7) is 2.32. The van der Waals surface area contributed by atoms with Crippen molar-refractivity contribution >= 4 is 28.4 Å². The second-order valence-electron chi connectivity index (χ2n) is 8.06. The summed E-state index contributed by atoms with van der Waals surface area (Å²) in [6, 6.07) is 0. The van der Waals surface area contributed by atoms with E-state index >= 15 is 0 Å². The molecule has 0 aliphatic heterocycles. The molecule has 4 aliphatic carbocycles. The van der Waals surface area contributed by atoms with E-state index in [1.807, 2.05) is 16.2 Å². The summed E-state index contributed by atoms with van der Waals surface area (Å²) in [5.41, 5.74) is 3.86. The van der Waals surface area contributed by atoms with Gasteiger partial charge in [-0.2, -0.15) is 0 Å². The van der Waals surface area contributed by atoms with Gasteiger partial charge in [0, 0.05) is 11.8 Å². The maximum atomic E-state index is 11.7. The molecule has 0 spiro atoms. The van der Waals surface area contributed by atoms with Crippen LogP contribution in [0.1, 0.15) is 58.3 Å². The van der Waals surface area contributed by atoms with E-state index in [0.29, 0.717) is 24.0 Å². The van der Waals surface area contributed by atoms with Gasteiger partial charge in [-0.3, -0.25) is 4.79 Å². The highest BCUT2D eigenvalue weighted by Gasteiger charge is 2.59. The number of carbonyl (C=O) groups excluding carboxylic acids is 1. The number of allylic oxidation sites excluding steroid dienone is 4. The summed E-state index contributed by atoms with van der Waals surface area (Å²) in [4.78, 5) is 11.7. The molecule has 4 aliphatic rings. The van der Waals surface area contributed by atoms with Crippen LogP contribution in [0.15, 0.2) is 33.0 Å². The van der Waals surface area contributed by atoms with E-state index in [0.717, 1.165) is 38.5 Å². The quantitative estimate of drug-likeness (QED) is 0.610. The average molecular weight is 424 g/mol. The van der Waals surface area contributed by atoms with Crippen molar-refractivity contribution < 1.29 is 9.90 Å². The number of fused-ring (bicyclic) bond motifs is 4. The van der Waals surface area contributed by atoms with Crippen molar-refractivity contribution in [1.29, 1.82) is 0 Å². The Morgan fingerprint density at radius 1 is 1.22 bits per heavy atom. The molecule has 23 heavy (non-hydrogen) atoms. The van der Waals surface area contributed by atoms with Crippen LogP contribution >= 0.6 is 22.6 Å². The molecule has 0 aromatic rings. The molecule has 0 heterocycles. The first-order valence-electron chi connectivity index (χ1n) is 8.94. The van der Waals surface area contributed by atoms with Crippen LogP contribution in [0.3, 0.4) is 0 Å². The zero-order valence-electron chi connectivity index (χ0n) is 13.8. The normalized spacial score (nSPS) is 43.3. The number of hydrogen-bond acceptors (Lipinski definition) is 2. The minimum Gasteiger partial charge on any atom is -0.385 e. The molecule has 0 saturated heterocycles. The van der Waals surface area contributed by atoms with Crippen molar-refractivity contribution in [3.8, 4) is 0 Å². The minimum atomic E-state index is -0.631. The highest BCUT2D eigenvalue weighted by Crippen LogP contribution is 2.63. The SMILES string of the molecule is C[C@]12CCC3=C4CCC(=O)C=C4CC[C@H]3[C@@H]1CC[C@@]2(O)/C=C/I. The first kappa shape index (κ1) is 16.1. The lowest BCUT2D eigenvalue weighted by atomic mass is 9.55. The predicted molar refractivity (Wildman–Crippen MR) is 100 cm³/mol. The van der Waals surface area contributed by atoms with E-state index in [4.69, 9.17) is 0 Å². The topological polar surface area (TPSA) is 37.3 Å². The molecular weight excluding hydrogens is 399 g/mol. The molecule has 4 atom stereocenters. The molecule has 2 nitrogen and oxygen atoms in total. The summed E-state index contributed by atoms with van der Waals surface area (Å²) < 4.78 is 1.99. The molecule has 1 N–H and O–H groups in total. The minimum absolute atomic E-state index is 0.00903. The van der Waals surface area contributed by atoms with E-state index in [1.54, 1.807) is 5.57 Å². The Balaban J connectivity index is 1.73. The largest absolute Gasteiger partial charge is 0.385 e. The molecule has 0 amide bonds. The predicted octanol–water partition coefficient (Wildman–Crippen LogP) is 4.87. The van der Waals surface area contributed by atoms with Gasteiger partial charge in [0.1, 0.15) is 0 Å². The number of aliphatic hydroxyl groups is 1. The van der Waals surface area contributed by atoms with Crippen molar-refractivity contribution in [3.05, 3.63) is 33.0 Å². The fourth-order valence-corrected chi connectivity index (χ4v) is 6.56. The molecule has 0 aromatic carbocycles. The van der Waals surface area contributed by atoms with E-state index in [2.05, 4.69) is 29.5 Å². The number of halogens is 1. The third-order valence-electron chi connectivity index (χ3n) is 7.29. The highest BCUT2D eigenvalue weighted by atomic mass is 127. The van der Waals surface area contributed by atoms with Crippen LogP contribution < -0.4 is 0 Å². The first-order valence-corrected chi connectivity index (χ1v) is 10.2. The Morgan fingerprint density at radius 3 is 2.83 bits per heavy atom. The van der Waals surface area contributed by atoms with Gasteiger partial charge in [-0.05, 0) is 84.2 Å². The summed E-state index contributed by atoms with van der Waals surface area (Å²) in [5, 5.41) is 11.2. The van der Waals surface area contributed by atoms with Crippen molar-refractivity contribution in [2.45, 2.75) is 63.9 Å². The van der Waals surface area contributed by atoms with Crippen LogP contribution in [0, 0.1) is 17.3 Å². The van der Waals surface area contributed by atoms with Crippen LogP contribution in [-0.2, 0) is 4.79 Å². The van der Waals surface area contributed by atoms with E-state index < -0.39 is 5.60 Å². The van der Waals surface area contributed by atoms with Gasteiger partial charge in [-0.1, -0.05) is 35.1 Å². The van der Waals surface area contributed by atoms with Gasteiger partial charge in [0.15, 0.2) is 5.78 Å².